The topological polar surface area (TPSA) is 70.5 Å². The van der Waals surface area contributed by atoms with E-state index in [4.69, 9.17) is 5.73 Å². The van der Waals surface area contributed by atoms with Crippen molar-refractivity contribution in [3.8, 4) is 0 Å². The predicted octanol–water partition coefficient (Wildman–Crippen LogP) is 3.91. The van der Waals surface area contributed by atoms with Crippen LogP contribution in [0.2, 0.25) is 0 Å². The van der Waals surface area contributed by atoms with Gasteiger partial charge in [-0.1, -0.05) is 47.1 Å². The number of thiophene rings is 1. The van der Waals surface area contributed by atoms with Crippen LogP contribution in [0, 0.1) is 0 Å². The molecule has 0 radical (unpaired) electrons. The molecule has 1 atom stereocenters. The Bertz CT molecular complexity index is 1110. The molecule has 4 rings (SSSR count). The summed E-state index contributed by atoms with van der Waals surface area (Å²) in [4.78, 5) is 14.6. The van der Waals surface area contributed by atoms with E-state index in [9.17, 15) is 4.79 Å². The number of fused-ring (bicyclic) bond motifs is 1. The second-order valence-electron chi connectivity index (χ2n) is 6.59. The van der Waals surface area contributed by atoms with E-state index >= 15 is 0 Å². The molecule has 1 amide bonds. The van der Waals surface area contributed by atoms with E-state index in [-0.39, 0.29) is 11.9 Å². The van der Waals surface area contributed by atoms with Gasteiger partial charge in [0.05, 0.1) is 23.6 Å². The average Bonchev–Trinajstić information content (AvgIpc) is 3.30. The van der Waals surface area contributed by atoms with Gasteiger partial charge < -0.3 is 11.1 Å². The van der Waals surface area contributed by atoms with E-state index in [1.807, 2.05) is 48.3 Å². The molecule has 0 spiro atoms. The summed E-state index contributed by atoms with van der Waals surface area (Å²) in [6.07, 6.45) is 2.63. The van der Waals surface area contributed by atoms with Gasteiger partial charge in [0.1, 0.15) is 4.88 Å². The second-order valence-corrected chi connectivity index (χ2v) is 8.50. The quantitative estimate of drug-likeness (QED) is 0.572. The van der Waals surface area contributed by atoms with Crippen LogP contribution in [-0.2, 0) is 0 Å². The fourth-order valence-electron chi connectivity index (χ4n) is 3.42. The van der Waals surface area contributed by atoms with Gasteiger partial charge in [-0.2, -0.15) is 0 Å². The maximum atomic E-state index is 13.0. The summed E-state index contributed by atoms with van der Waals surface area (Å²) in [5, 5.41) is 9.60. The van der Waals surface area contributed by atoms with E-state index in [0.29, 0.717) is 11.4 Å². The van der Waals surface area contributed by atoms with Crippen LogP contribution in [-0.4, -0.2) is 36.1 Å². The zero-order chi connectivity index (χ0) is 19.7. The Balaban J connectivity index is 1.61. The Morgan fingerprint density at radius 3 is 2.86 bits per heavy atom. The first-order chi connectivity index (χ1) is 13.6. The minimum Gasteiger partial charge on any atom is -0.343 e. The van der Waals surface area contributed by atoms with Crippen LogP contribution < -0.4 is 11.1 Å². The zero-order valence-corrected chi connectivity index (χ0v) is 17.8. The van der Waals surface area contributed by atoms with Crippen molar-refractivity contribution in [3.63, 3.8) is 0 Å². The minimum absolute atomic E-state index is 0.123. The molecule has 0 saturated carbocycles. The van der Waals surface area contributed by atoms with Crippen molar-refractivity contribution < 1.29 is 9.48 Å². The normalized spacial score (nSPS) is 14.7. The molecule has 0 saturated heterocycles. The lowest BCUT2D eigenvalue weighted by atomic mass is 9.98. The van der Waals surface area contributed by atoms with Crippen molar-refractivity contribution in [2.75, 3.05) is 13.6 Å². The van der Waals surface area contributed by atoms with Crippen molar-refractivity contribution in [3.05, 3.63) is 68.3 Å². The van der Waals surface area contributed by atoms with Crippen molar-refractivity contribution >= 4 is 55.9 Å². The molecule has 1 unspecified atom stereocenters. The Kier molecular flexibility index (Phi) is 5.39. The number of nitrogens with zero attached hydrogens (tertiary/aromatic N) is 2. The molecule has 0 bridgehead atoms. The first kappa shape index (κ1) is 19.0. The molecule has 142 valence electrons. The van der Waals surface area contributed by atoms with Gasteiger partial charge in [0.25, 0.3) is 5.91 Å². The Labute approximate surface area is 175 Å². The Hall–Kier alpha value is -2.35. The average molecular weight is 456 g/mol. The number of benzene rings is 2. The molecule has 1 aliphatic heterocycles. The van der Waals surface area contributed by atoms with Gasteiger partial charge in [-0.25, -0.2) is 0 Å². The smallest absolute Gasteiger partial charge is 0.261 e. The highest BCUT2D eigenvalue weighted by atomic mass is 79.9. The minimum atomic E-state index is -0.256. The van der Waals surface area contributed by atoms with E-state index < -0.39 is 0 Å². The second kappa shape index (κ2) is 7.95. The van der Waals surface area contributed by atoms with Crippen molar-refractivity contribution in [2.24, 2.45) is 10.8 Å². The molecule has 7 heteroatoms. The van der Waals surface area contributed by atoms with Crippen LogP contribution >= 0.6 is 27.3 Å². The monoisotopic (exact) mass is 455 g/mol. The first-order valence-electron chi connectivity index (χ1n) is 8.98. The van der Waals surface area contributed by atoms with Crippen molar-refractivity contribution in [1.29, 1.82) is 0 Å². The van der Waals surface area contributed by atoms with Crippen molar-refractivity contribution in [1.82, 2.24) is 5.32 Å². The lowest BCUT2D eigenvalue weighted by Gasteiger charge is -2.19. The number of hydrogen-bond acceptors (Lipinski definition) is 4. The fraction of sp³-hybridized carbons (Fsp3) is 0.190. The number of carbonyl (C=O) groups is 1. The Morgan fingerprint density at radius 2 is 2.11 bits per heavy atom. The molecule has 2 aromatic carbocycles. The van der Waals surface area contributed by atoms with Crippen LogP contribution in [0.15, 0.2) is 58.1 Å². The standard InChI is InChI=1S/C21H19BrN4OS/c1-26-18(9-10-24-26)20-16(22)11-19(28-20)21(27)25-17(12-23)15-8-4-6-13-5-2-3-7-14(13)15/h2-8,10-11,17H,9,12,23H2,1H3/p+1. The molecule has 0 fully saturated rings. The van der Waals surface area contributed by atoms with Crippen molar-refractivity contribution in [2.45, 2.75) is 12.5 Å². The van der Waals surface area contributed by atoms with Gasteiger partial charge >= 0.3 is 0 Å². The summed E-state index contributed by atoms with van der Waals surface area (Å²) in [7, 11) is 1.91. The van der Waals surface area contributed by atoms with Crippen LogP contribution in [0.25, 0.3) is 10.8 Å². The summed E-state index contributed by atoms with van der Waals surface area (Å²) in [5.41, 5.74) is 8.14. The summed E-state index contributed by atoms with van der Waals surface area (Å²) in [5.74, 6) is -0.123. The van der Waals surface area contributed by atoms with Gasteiger partial charge in [0, 0.05) is 11.0 Å². The number of nitrogens with one attached hydrogen (secondary N) is 1. The fourth-order valence-corrected chi connectivity index (χ4v) is 5.31. The van der Waals surface area contributed by atoms with Crippen LogP contribution in [0.4, 0.5) is 0 Å². The summed E-state index contributed by atoms with van der Waals surface area (Å²) in [6, 6.07) is 15.8. The van der Waals surface area contributed by atoms with Gasteiger partial charge in [0.2, 0.25) is 5.71 Å². The maximum absolute atomic E-state index is 13.0. The molecular formula is C21H20BrN4OS+. The van der Waals surface area contributed by atoms with Gasteiger partial charge in [-0.3, -0.25) is 4.79 Å². The molecule has 3 aromatic rings. The van der Waals surface area contributed by atoms with E-state index in [1.165, 1.54) is 11.3 Å². The summed E-state index contributed by atoms with van der Waals surface area (Å²) in [6.45, 7) is 0.326. The van der Waals surface area contributed by atoms with E-state index in [0.717, 1.165) is 37.8 Å². The third-order valence-electron chi connectivity index (χ3n) is 4.84. The number of carbonyl (C=O) groups excluding carboxylic acids is 1. The highest BCUT2D eigenvalue weighted by molar-refractivity contribution is 9.10. The third-order valence-corrected chi connectivity index (χ3v) is 6.91. The molecule has 1 aliphatic rings. The first-order valence-corrected chi connectivity index (χ1v) is 10.6. The third kappa shape index (κ3) is 3.53. The lowest BCUT2D eigenvalue weighted by molar-refractivity contribution is -0.498. The Morgan fingerprint density at radius 1 is 1.32 bits per heavy atom. The predicted molar refractivity (Wildman–Crippen MR) is 119 cm³/mol. The number of nitrogens with two attached hydrogens (primary N) is 1. The van der Waals surface area contributed by atoms with Gasteiger partial charge in [-0.15, -0.1) is 11.3 Å². The zero-order valence-electron chi connectivity index (χ0n) is 15.4. The van der Waals surface area contributed by atoms with E-state index in [1.54, 1.807) is 0 Å². The SMILES string of the molecule is C[N+]1=C(c2sc(C(=O)NC(CN)c3cccc4ccccc34)cc2Br)CC=N1. The number of amides is 1. The highest BCUT2D eigenvalue weighted by Crippen LogP contribution is 2.30. The summed E-state index contributed by atoms with van der Waals surface area (Å²) >= 11 is 5.05. The molecule has 2 heterocycles. The molecule has 0 aliphatic carbocycles. The molecule has 3 N–H and O–H groups in total. The highest BCUT2D eigenvalue weighted by Gasteiger charge is 2.26. The number of hydrogen-bond donors (Lipinski definition) is 2. The molecule has 1 aromatic heterocycles. The van der Waals surface area contributed by atoms with E-state index in [2.05, 4.69) is 44.5 Å². The molecule has 28 heavy (non-hydrogen) atoms. The van der Waals surface area contributed by atoms with Gasteiger partial charge in [0.15, 0.2) is 7.05 Å². The number of halogens is 1. The largest absolute Gasteiger partial charge is 0.343 e. The maximum Gasteiger partial charge on any atom is 0.261 e. The molecule has 5 nitrogen and oxygen atoms in total. The van der Waals surface area contributed by atoms with Gasteiger partial charge in [-0.05, 0) is 43.4 Å². The van der Waals surface area contributed by atoms with Crippen LogP contribution in [0.1, 0.15) is 32.6 Å². The summed E-state index contributed by atoms with van der Waals surface area (Å²) < 4.78 is 2.75. The lowest BCUT2D eigenvalue weighted by Crippen LogP contribution is -2.33. The van der Waals surface area contributed by atoms with Crippen LogP contribution in [0.5, 0.6) is 0 Å². The molecular weight excluding hydrogens is 436 g/mol. The van der Waals surface area contributed by atoms with Crippen LogP contribution in [0.3, 0.4) is 0 Å². The number of rotatable bonds is 5. The number of hydrazone groups is 1.